The van der Waals surface area contributed by atoms with Gasteiger partial charge in [0.05, 0.1) is 0 Å². The van der Waals surface area contributed by atoms with E-state index in [1.807, 2.05) is 0 Å². The Bertz CT molecular complexity index is 568. The summed E-state index contributed by atoms with van der Waals surface area (Å²) in [4.78, 5) is 33.9. The van der Waals surface area contributed by atoms with Crippen LogP contribution in [0.15, 0.2) is 18.2 Å². The molecule has 6 heteroatoms. The predicted octanol–water partition coefficient (Wildman–Crippen LogP) is 2.39. The van der Waals surface area contributed by atoms with Crippen molar-refractivity contribution in [3.05, 3.63) is 23.8 Å². The van der Waals surface area contributed by atoms with Gasteiger partial charge < -0.3 is 14.8 Å². The highest BCUT2D eigenvalue weighted by Crippen LogP contribution is 2.29. The Labute approximate surface area is 136 Å². The van der Waals surface area contributed by atoms with Crippen LogP contribution in [0, 0.1) is 0 Å². The Balaban J connectivity index is 2.70. The predicted molar refractivity (Wildman–Crippen MR) is 85.3 cm³/mol. The van der Waals surface area contributed by atoms with Crippen molar-refractivity contribution in [2.24, 2.45) is 0 Å². The first-order valence-corrected chi connectivity index (χ1v) is 7.68. The molecule has 1 amide bonds. The number of hydrogen-bond donors (Lipinski definition) is 1. The molecule has 0 spiro atoms. The summed E-state index contributed by atoms with van der Waals surface area (Å²) in [5.41, 5.74) is 0.822. The van der Waals surface area contributed by atoms with Crippen LogP contribution in [0.2, 0.25) is 0 Å². The minimum Gasteiger partial charge on any atom is -0.423 e. The summed E-state index contributed by atoms with van der Waals surface area (Å²) in [5, 5.41) is 2.84. The molecule has 0 atom stereocenters. The number of carbonyl (C=O) groups is 3. The molecule has 0 heterocycles. The molecule has 0 radical (unpaired) electrons. The zero-order chi connectivity index (χ0) is 17.2. The number of nitrogens with one attached hydrogen (secondary N) is 1. The summed E-state index contributed by atoms with van der Waals surface area (Å²) in [6.07, 6.45) is 2.84. The van der Waals surface area contributed by atoms with E-state index < -0.39 is 11.9 Å². The Hall–Kier alpha value is -2.37. The van der Waals surface area contributed by atoms with E-state index in [2.05, 4.69) is 12.2 Å². The van der Waals surface area contributed by atoms with Gasteiger partial charge in [-0.25, -0.2) is 0 Å². The van der Waals surface area contributed by atoms with Crippen molar-refractivity contribution in [1.29, 1.82) is 0 Å². The first kappa shape index (κ1) is 18.7. The largest absolute Gasteiger partial charge is 0.423 e. The Morgan fingerprint density at radius 1 is 1.04 bits per heavy atom. The molecule has 0 saturated heterocycles. The van der Waals surface area contributed by atoms with Crippen LogP contribution < -0.4 is 14.8 Å². The zero-order valence-corrected chi connectivity index (χ0v) is 13.8. The molecule has 0 bridgehead atoms. The van der Waals surface area contributed by atoms with Crippen LogP contribution in [0.1, 0.15) is 45.6 Å². The first-order valence-electron chi connectivity index (χ1n) is 7.68. The average Bonchev–Trinajstić information content (AvgIpc) is 2.46. The molecule has 0 unspecified atom stereocenters. The lowest BCUT2D eigenvalue weighted by molar-refractivity contribution is -0.134. The lowest BCUT2D eigenvalue weighted by Crippen LogP contribution is -2.24. The second-order valence-corrected chi connectivity index (χ2v) is 5.17. The first-order chi connectivity index (χ1) is 10.9. The lowest BCUT2D eigenvalue weighted by Gasteiger charge is -2.10. The third kappa shape index (κ3) is 7.44. The van der Waals surface area contributed by atoms with Gasteiger partial charge in [-0.15, -0.1) is 0 Å². The van der Waals surface area contributed by atoms with Crippen molar-refractivity contribution >= 4 is 17.8 Å². The van der Waals surface area contributed by atoms with Gasteiger partial charge in [0.1, 0.15) is 0 Å². The number of unbranched alkanes of at least 4 members (excludes halogenated alkanes) is 1. The van der Waals surface area contributed by atoms with Crippen LogP contribution >= 0.6 is 0 Å². The summed E-state index contributed by atoms with van der Waals surface area (Å²) >= 11 is 0. The maximum atomic E-state index is 11.7. The molecule has 0 aliphatic rings. The second kappa shape index (κ2) is 9.61. The van der Waals surface area contributed by atoms with Crippen LogP contribution in [-0.4, -0.2) is 24.4 Å². The topological polar surface area (TPSA) is 81.7 Å². The zero-order valence-electron chi connectivity index (χ0n) is 13.8. The van der Waals surface area contributed by atoms with E-state index in [4.69, 9.17) is 9.47 Å². The van der Waals surface area contributed by atoms with Gasteiger partial charge >= 0.3 is 11.9 Å². The van der Waals surface area contributed by atoms with E-state index >= 15 is 0 Å². The molecule has 23 heavy (non-hydrogen) atoms. The maximum absolute atomic E-state index is 11.7. The summed E-state index contributed by atoms with van der Waals surface area (Å²) < 4.78 is 10.1. The normalized spacial score (nSPS) is 10.0. The monoisotopic (exact) mass is 321 g/mol. The molecule has 0 aliphatic carbocycles. The van der Waals surface area contributed by atoms with Crippen molar-refractivity contribution in [3.8, 4) is 11.5 Å². The Morgan fingerprint density at radius 3 is 2.30 bits per heavy atom. The van der Waals surface area contributed by atoms with E-state index in [9.17, 15) is 14.4 Å². The fourth-order valence-corrected chi connectivity index (χ4v) is 1.93. The number of benzene rings is 1. The molecular formula is C17H23NO5. The van der Waals surface area contributed by atoms with Crippen LogP contribution in [-0.2, 0) is 20.8 Å². The van der Waals surface area contributed by atoms with Crippen LogP contribution in [0.4, 0.5) is 0 Å². The average molecular weight is 321 g/mol. The second-order valence-electron chi connectivity index (χ2n) is 5.17. The molecule has 0 aliphatic heterocycles. The number of amides is 1. The molecule has 0 saturated carbocycles. The van der Waals surface area contributed by atoms with Crippen LogP contribution in [0.25, 0.3) is 0 Å². The molecule has 126 valence electrons. The van der Waals surface area contributed by atoms with Crippen molar-refractivity contribution in [1.82, 2.24) is 5.32 Å². The molecule has 6 nitrogen and oxygen atoms in total. The van der Waals surface area contributed by atoms with Crippen molar-refractivity contribution in [3.63, 3.8) is 0 Å². The minimum atomic E-state index is -0.507. The van der Waals surface area contributed by atoms with Gasteiger partial charge in [0.2, 0.25) is 5.91 Å². The maximum Gasteiger partial charge on any atom is 0.308 e. The third-order valence-corrected chi connectivity index (χ3v) is 3.01. The quantitative estimate of drug-likeness (QED) is 0.452. The van der Waals surface area contributed by atoms with Crippen molar-refractivity contribution < 1.29 is 23.9 Å². The summed E-state index contributed by atoms with van der Waals surface area (Å²) in [6.45, 7) is 5.28. The van der Waals surface area contributed by atoms with Gasteiger partial charge in [0.15, 0.2) is 11.5 Å². The highest BCUT2D eigenvalue weighted by molar-refractivity contribution is 5.76. The summed E-state index contributed by atoms with van der Waals surface area (Å²) in [7, 11) is 0. The highest BCUT2D eigenvalue weighted by atomic mass is 16.6. The summed E-state index contributed by atoms with van der Waals surface area (Å²) in [6, 6.07) is 4.91. The standard InChI is InChI=1S/C17H23NO5/c1-4-5-10-18-17(21)9-7-14-6-8-15(22-12(2)19)16(11-14)23-13(3)20/h6,8,11H,4-5,7,9-10H2,1-3H3,(H,18,21). The van der Waals surface area contributed by atoms with E-state index in [1.165, 1.54) is 13.8 Å². The fraction of sp³-hybridized carbons (Fsp3) is 0.471. The molecule has 1 aromatic carbocycles. The molecular weight excluding hydrogens is 298 g/mol. The smallest absolute Gasteiger partial charge is 0.308 e. The highest BCUT2D eigenvalue weighted by Gasteiger charge is 2.12. The molecule has 1 N–H and O–H groups in total. The van der Waals surface area contributed by atoms with Gasteiger partial charge in [0, 0.05) is 26.8 Å². The van der Waals surface area contributed by atoms with Crippen LogP contribution in [0.3, 0.4) is 0 Å². The van der Waals surface area contributed by atoms with E-state index in [-0.39, 0.29) is 17.4 Å². The Kier molecular flexibility index (Phi) is 7.80. The molecule has 0 aromatic heterocycles. The van der Waals surface area contributed by atoms with Gasteiger partial charge in [-0.2, -0.15) is 0 Å². The minimum absolute atomic E-state index is 0.0171. The third-order valence-electron chi connectivity index (χ3n) is 3.01. The van der Waals surface area contributed by atoms with Crippen molar-refractivity contribution in [2.75, 3.05) is 6.54 Å². The molecule has 1 rings (SSSR count). The number of ether oxygens (including phenoxy) is 2. The van der Waals surface area contributed by atoms with Crippen LogP contribution in [0.5, 0.6) is 11.5 Å². The summed E-state index contributed by atoms with van der Waals surface area (Å²) in [5.74, 6) is -0.661. The van der Waals surface area contributed by atoms with Gasteiger partial charge in [-0.3, -0.25) is 14.4 Å². The lowest BCUT2D eigenvalue weighted by atomic mass is 10.1. The van der Waals surface area contributed by atoms with E-state index in [1.54, 1.807) is 18.2 Å². The fourth-order valence-electron chi connectivity index (χ4n) is 1.93. The molecule has 0 fully saturated rings. The number of hydrogen-bond acceptors (Lipinski definition) is 5. The number of aryl methyl sites for hydroxylation is 1. The van der Waals surface area contributed by atoms with E-state index in [0.29, 0.717) is 19.4 Å². The molecule has 1 aromatic rings. The SMILES string of the molecule is CCCCNC(=O)CCc1ccc(OC(C)=O)c(OC(C)=O)c1. The van der Waals surface area contributed by atoms with Gasteiger partial charge in [-0.05, 0) is 30.5 Å². The number of rotatable bonds is 8. The Morgan fingerprint density at radius 2 is 1.70 bits per heavy atom. The van der Waals surface area contributed by atoms with E-state index in [0.717, 1.165) is 18.4 Å². The van der Waals surface area contributed by atoms with Gasteiger partial charge in [0.25, 0.3) is 0 Å². The van der Waals surface area contributed by atoms with Gasteiger partial charge in [-0.1, -0.05) is 19.4 Å². The number of esters is 2. The van der Waals surface area contributed by atoms with Crippen molar-refractivity contribution in [2.45, 2.75) is 46.5 Å². The number of carbonyl (C=O) groups excluding carboxylic acids is 3.